The number of nitrogens with one attached hydrogen (secondary N) is 1. The van der Waals surface area contributed by atoms with Crippen LogP contribution in [0, 0.1) is 0 Å². The van der Waals surface area contributed by atoms with Gasteiger partial charge in [0, 0.05) is 29.3 Å². The van der Waals surface area contributed by atoms with Crippen LogP contribution in [0.25, 0.3) is 0 Å². The molecule has 2 rings (SSSR count). The Morgan fingerprint density at radius 2 is 2.26 bits per heavy atom. The molecule has 1 saturated carbocycles. The fraction of sp³-hybridized carbons (Fsp3) is 0.500. The van der Waals surface area contributed by atoms with E-state index in [1.165, 1.54) is 18.4 Å². The molecule has 104 valence electrons. The molecule has 4 nitrogen and oxygen atoms in total. The van der Waals surface area contributed by atoms with Crippen molar-refractivity contribution in [2.75, 3.05) is 18.0 Å². The third kappa shape index (κ3) is 4.21. The number of hydrogen-bond acceptors (Lipinski definition) is 3. The summed E-state index contributed by atoms with van der Waals surface area (Å²) in [5, 5.41) is 3.51. The minimum absolute atomic E-state index is 0.253. The first kappa shape index (κ1) is 14.3. The molecule has 0 spiro atoms. The Morgan fingerprint density at radius 1 is 1.53 bits per heavy atom. The second-order valence-electron chi connectivity index (χ2n) is 4.91. The largest absolute Gasteiger partial charge is 0.368 e. The minimum Gasteiger partial charge on any atom is -0.368 e. The van der Waals surface area contributed by atoms with Gasteiger partial charge in [-0.25, -0.2) is 0 Å². The van der Waals surface area contributed by atoms with Crippen LogP contribution in [0.4, 0.5) is 5.69 Å². The Balaban J connectivity index is 2.17. The number of carbonyl (C=O) groups excluding carboxylic acids is 1. The number of likely N-dealkylation sites (N-methyl/N-ethyl adjacent to an activating group) is 1. The predicted octanol–water partition coefficient (Wildman–Crippen LogP) is 2.01. The molecule has 5 heteroatoms. The average Bonchev–Trinajstić information content (AvgIpc) is 3.18. The molecule has 3 N–H and O–H groups in total. The summed E-state index contributed by atoms with van der Waals surface area (Å²) in [5.74, 6) is -0.303. The molecular weight excluding hydrogens is 306 g/mol. The maximum atomic E-state index is 11.2. The first-order valence-electron chi connectivity index (χ1n) is 6.65. The van der Waals surface area contributed by atoms with Gasteiger partial charge in [-0.1, -0.05) is 22.0 Å². The molecular formula is C14H20BrN3O. The van der Waals surface area contributed by atoms with Crippen molar-refractivity contribution in [3.8, 4) is 0 Å². The van der Waals surface area contributed by atoms with E-state index in [1.807, 2.05) is 17.9 Å². The summed E-state index contributed by atoms with van der Waals surface area (Å²) in [6, 6.07) is 6.85. The number of halogens is 1. The number of carbonyl (C=O) groups is 1. The fourth-order valence-electron chi connectivity index (χ4n) is 2.08. The molecule has 0 unspecified atom stereocenters. The topological polar surface area (TPSA) is 58.4 Å². The number of hydrogen-bond donors (Lipinski definition) is 2. The van der Waals surface area contributed by atoms with Gasteiger partial charge in [-0.3, -0.25) is 4.79 Å². The molecule has 0 radical (unpaired) electrons. The third-order valence-electron chi connectivity index (χ3n) is 3.27. The number of anilines is 1. The van der Waals surface area contributed by atoms with E-state index in [4.69, 9.17) is 5.73 Å². The van der Waals surface area contributed by atoms with E-state index < -0.39 is 0 Å². The molecule has 0 saturated heterocycles. The van der Waals surface area contributed by atoms with Gasteiger partial charge >= 0.3 is 0 Å². The van der Waals surface area contributed by atoms with Crippen LogP contribution >= 0.6 is 15.9 Å². The van der Waals surface area contributed by atoms with E-state index in [1.54, 1.807) is 0 Å². The lowest BCUT2D eigenvalue weighted by atomic mass is 10.1. The van der Waals surface area contributed by atoms with E-state index in [-0.39, 0.29) is 12.5 Å². The average molecular weight is 326 g/mol. The molecule has 1 amide bonds. The highest BCUT2D eigenvalue weighted by molar-refractivity contribution is 9.10. The Bertz CT molecular complexity index is 460. The van der Waals surface area contributed by atoms with Crippen LogP contribution in [0.2, 0.25) is 0 Å². The first-order valence-corrected chi connectivity index (χ1v) is 7.44. The third-order valence-corrected chi connectivity index (χ3v) is 3.77. The zero-order valence-corrected chi connectivity index (χ0v) is 12.7. The predicted molar refractivity (Wildman–Crippen MR) is 81.1 cm³/mol. The summed E-state index contributed by atoms with van der Waals surface area (Å²) in [4.78, 5) is 13.2. The van der Waals surface area contributed by atoms with Crippen LogP contribution in [0.5, 0.6) is 0 Å². The molecule has 19 heavy (non-hydrogen) atoms. The zero-order valence-electron chi connectivity index (χ0n) is 11.2. The van der Waals surface area contributed by atoms with Crippen molar-refractivity contribution in [2.45, 2.75) is 32.4 Å². The van der Waals surface area contributed by atoms with Gasteiger partial charge in [0.05, 0.1) is 6.54 Å². The number of primary amides is 1. The molecule has 1 aliphatic carbocycles. The van der Waals surface area contributed by atoms with Crippen LogP contribution in [-0.2, 0) is 11.3 Å². The van der Waals surface area contributed by atoms with Crippen molar-refractivity contribution < 1.29 is 4.79 Å². The van der Waals surface area contributed by atoms with Crippen LogP contribution in [0.3, 0.4) is 0 Å². The molecule has 0 atom stereocenters. The van der Waals surface area contributed by atoms with Crippen molar-refractivity contribution in [1.29, 1.82) is 0 Å². The van der Waals surface area contributed by atoms with Crippen LogP contribution in [0.1, 0.15) is 25.3 Å². The van der Waals surface area contributed by atoms with Crippen molar-refractivity contribution in [3.05, 3.63) is 28.2 Å². The summed E-state index contributed by atoms with van der Waals surface area (Å²) in [6.07, 6.45) is 2.54. The summed E-state index contributed by atoms with van der Waals surface area (Å²) in [5.41, 5.74) is 7.60. The highest BCUT2D eigenvalue weighted by atomic mass is 79.9. The standard InChI is InChI=1S/C14H20BrN3O/c1-2-18(9-14(16)19)13-7-11(15)4-3-10(13)8-17-12-5-6-12/h3-4,7,12,17H,2,5-6,8-9H2,1H3,(H2,16,19). The lowest BCUT2D eigenvalue weighted by Gasteiger charge is -2.25. The highest BCUT2D eigenvalue weighted by Gasteiger charge is 2.21. The van der Waals surface area contributed by atoms with Gasteiger partial charge in [-0.05, 0) is 37.5 Å². The fourth-order valence-corrected chi connectivity index (χ4v) is 2.43. The highest BCUT2D eigenvalue weighted by Crippen LogP contribution is 2.26. The normalized spacial score (nSPS) is 14.4. The van der Waals surface area contributed by atoms with Gasteiger partial charge in [0.1, 0.15) is 0 Å². The van der Waals surface area contributed by atoms with Crippen LogP contribution < -0.4 is 16.0 Å². The van der Waals surface area contributed by atoms with E-state index in [0.717, 1.165) is 23.2 Å². The maximum Gasteiger partial charge on any atom is 0.236 e. The van der Waals surface area contributed by atoms with Gasteiger partial charge < -0.3 is 16.0 Å². The zero-order chi connectivity index (χ0) is 13.8. The molecule has 1 fully saturated rings. The Labute approximate surface area is 122 Å². The number of amides is 1. The van der Waals surface area contributed by atoms with Crippen molar-refractivity contribution in [1.82, 2.24) is 5.32 Å². The summed E-state index contributed by atoms with van der Waals surface area (Å²) in [6.45, 7) is 3.88. The van der Waals surface area contributed by atoms with Gasteiger partial charge in [-0.2, -0.15) is 0 Å². The molecule has 0 aliphatic heterocycles. The van der Waals surface area contributed by atoms with Crippen LogP contribution in [0.15, 0.2) is 22.7 Å². The molecule has 1 aromatic rings. The molecule has 1 aromatic carbocycles. The first-order chi connectivity index (χ1) is 9.10. The smallest absolute Gasteiger partial charge is 0.236 e. The number of benzene rings is 1. The van der Waals surface area contributed by atoms with Crippen molar-refractivity contribution in [3.63, 3.8) is 0 Å². The van der Waals surface area contributed by atoms with E-state index in [2.05, 4.69) is 33.4 Å². The number of rotatable bonds is 7. The number of nitrogens with two attached hydrogens (primary N) is 1. The van der Waals surface area contributed by atoms with Gasteiger partial charge in [0.15, 0.2) is 0 Å². The lowest BCUT2D eigenvalue weighted by molar-refractivity contribution is -0.116. The quantitative estimate of drug-likeness (QED) is 0.806. The second kappa shape index (κ2) is 6.39. The van der Waals surface area contributed by atoms with Gasteiger partial charge in [0.25, 0.3) is 0 Å². The monoisotopic (exact) mass is 325 g/mol. The number of nitrogens with zero attached hydrogens (tertiary/aromatic N) is 1. The minimum atomic E-state index is -0.303. The summed E-state index contributed by atoms with van der Waals surface area (Å²) in [7, 11) is 0. The second-order valence-corrected chi connectivity index (χ2v) is 5.82. The summed E-state index contributed by atoms with van der Waals surface area (Å²) < 4.78 is 1.01. The van der Waals surface area contributed by atoms with E-state index >= 15 is 0 Å². The van der Waals surface area contributed by atoms with Crippen molar-refractivity contribution >= 4 is 27.5 Å². The van der Waals surface area contributed by atoms with Crippen LogP contribution in [-0.4, -0.2) is 25.0 Å². The van der Waals surface area contributed by atoms with E-state index in [0.29, 0.717) is 6.04 Å². The molecule has 1 aliphatic rings. The maximum absolute atomic E-state index is 11.2. The summed E-state index contributed by atoms with van der Waals surface area (Å²) >= 11 is 3.49. The molecule has 0 aromatic heterocycles. The Morgan fingerprint density at radius 3 is 2.84 bits per heavy atom. The SMILES string of the molecule is CCN(CC(N)=O)c1cc(Br)ccc1CNC1CC1. The van der Waals surface area contributed by atoms with Crippen molar-refractivity contribution in [2.24, 2.45) is 5.73 Å². The van der Waals surface area contributed by atoms with Gasteiger partial charge in [-0.15, -0.1) is 0 Å². The Hall–Kier alpha value is -1.07. The lowest BCUT2D eigenvalue weighted by Crippen LogP contribution is -2.34. The molecule has 0 bridgehead atoms. The molecule has 0 heterocycles. The Kier molecular flexibility index (Phi) is 4.82. The van der Waals surface area contributed by atoms with Gasteiger partial charge in [0.2, 0.25) is 5.91 Å². The van der Waals surface area contributed by atoms with E-state index in [9.17, 15) is 4.79 Å².